The number of fused-ring (bicyclic) bond motifs is 1. The Balaban J connectivity index is 1.74. The predicted octanol–water partition coefficient (Wildman–Crippen LogP) is 4.51. The van der Waals surface area contributed by atoms with Gasteiger partial charge in [-0.25, -0.2) is 13.6 Å². The summed E-state index contributed by atoms with van der Waals surface area (Å²) in [7, 11) is 0. The number of hydrogen-bond donors (Lipinski definition) is 0. The van der Waals surface area contributed by atoms with Crippen LogP contribution in [0.2, 0.25) is 0 Å². The zero-order valence-electron chi connectivity index (χ0n) is 14.1. The van der Waals surface area contributed by atoms with Crippen molar-refractivity contribution in [2.24, 2.45) is 0 Å². The Hall–Kier alpha value is -3.53. The number of carbonyl (C=O) groups is 1. The van der Waals surface area contributed by atoms with Gasteiger partial charge in [0.05, 0.1) is 24.5 Å². The molecule has 1 unspecified atom stereocenters. The molecule has 0 radical (unpaired) electrons. The van der Waals surface area contributed by atoms with Gasteiger partial charge >= 0.3 is 6.03 Å². The number of aromatic nitrogens is 1. The van der Waals surface area contributed by atoms with Crippen molar-refractivity contribution in [3.05, 3.63) is 66.5 Å². The Morgan fingerprint density at radius 2 is 1.85 bits per heavy atom. The first-order valence-electron chi connectivity index (χ1n) is 8.31. The van der Waals surface area contributed by atoms with Crippen LogP contribution in [0.5, 0.6) is 0 Å². The van der Waals surface area contributed by atoms with Gasteiger partial charge in [0.15, 0.2) is 0 Å². The summed E-state index contributed by atoms with van der Waals surface area (Å²) in [6.45, 7) is 0.145. The number of nitrogens with zero attached hydrogens (tertiary/aromatic N) is 4. The minimum atomic E-state index is -2.57. The molecule has 2 heterocycles. The van der Waals surface area contributed by atoms with Crippen molar-refractivity contribution in [3.63, 3.8) is 0 Å². The molecular formula is C20H14F2N4O. The SMILES string of the molecule is N#CC1CN(c2ccc(C(F)F)cc2)C(=O)N1c1cncc2ccccc12. The van der Waals surface area contributed by atoms with Crippen LogP contribution in [0.25, 0.3) is 10.8 Å². The number of anilines is 2. The molecule has 2 aromatic carbocycles. The highest BCUT2D eigenvalue weighted by Gasteiger charge is 2.40. The topological polar surface area (TPSA) is 60.2 Å². The molecule has 1 fully saturated rings. The molecule has 0 spiro atoms. The maximum absolute atomic E-state index is 13.1. The van der Waals surface area contributed by atoms with E-state index >= 15 is 0 Å². The van der Waals surface area contributed by atoms with Crippen LogP contribution in [0.1, 0.15) is 12.0 Å². The quantitative estimate of drug-likeness (QED) is 0.687. The second-order valence-corrected chi connectivity index (χ2v) is 6.18. The van der Waals surface area contributed by atoms with Gasteiger partial charge in [0, 0.05) is 28.2 Å². The molecule has 4 rings (SSSR count). The lowest BCUT2D eigenvalue weighted by Crippen LogP contribution is -2.34. The van der Waals surface area contributed by atoms with Gasteiger partial charge in [-0.1, -0.05) is 36.4 Å². The third-order valence-electron chi connectivity index (χ3n) is 4.62. The summed E-state index contributed by atoms with van der Waals surface area (Å²) in [5, 5.41) is 11.3. The maximum atomic E-state index is 13.1. The van der Waals surface area contributed by atoms with Gasteiger partial charge < -0.3 is 0 Å². The minimum absolute atomic E-state index is 0.114. The molecule has 1 aliphatic rings. The molecule has 1 atom stereocenters. The number of pyridine rings is 1. The van der Waals surface area contributed by atoms with Crippen molar-refractivity contribution in [3.8, 4) is 6.07 Å². The molecule has 3 aromatic rings. The fraction of sp³-hybridized carbons (Fsp3) is 0.150. The Labute approximate surface area is 154 Å². The molecule has 5 nitrogen and oxygen atoms in total. The number of hydrogen-bond acceptors (Lipinski definition) is 3. The summed E-state index contributed by atoms with van der Waals surface area (Å²) in [6, 6.07) is 14.1. The van der Waals surface area contributed by atoms with Crippen LogP contribution in [0.4, 0.5) is 25.0 Å². The Kier molecular flexibility index (Phi) is 4.16. The van der Waals surface area contributed by atoms with Crippen LogP contribution in [-0.4, -0.2) is 23.6 Å². The number of nitriles is 1. The van der Waals surface area contributed by atoms with Gasteiger partial charge in [-0.05, 0) is 12.1 Å². The van der Waals surface area contributed by atoms with Gasteiger partial charge in [0.2, 0.25) is 0 Å². The summed E-state index contributed by atoms with van der Waals surface area (Å²) < 4.78 is 25.5. The number of urea groups is 1. The number of rotatable bonds is 3. The average Bonchev–Trinajstić information content (AvgIpc) is 3.03. The van der Waals surface area contributed by atoms with Gasteiger partial charge in [-0.3, -0.25) is 14.8 Å². The zero-order valence-corrected chi connectivity index (χ0v) is 14.1. The van der Waals surface area contributed by atoms with E-state index in [1.807, 2.05) is 24.3 Å². The van der Waals surface area contributed by atoms with E-state index in [1.54, 1.807) is 12.4 Å². The van der Waals surface area contributed by atoms with Gasteiger partial charge in [-0.15, -0.1) is 0 Å². The normalized spacial score (nSPS) is 17.0. The summed E-state index contributed by atoms with van der Waals surface area (Å²) >= 11 is 0. The molecule has 2 amide bonds. The van der Waals surface area contributed by atoms with Crippen molar-refractivity contribution in [2.75, 3.05) is 16.3 Å². The number of halogens is 2. The minimum Gasteiger partial charge on any atom is -0.291 e. The van der Waals surface area contributed by atoms with Crippen LogP contribution < -0.4 is 9.80 Å². The highest BCUT2D eigenvalue weighted by Crippen LogP contribution is 2.33. The van der Waals surface area contributed by atoms with Crippen molar-refractivity contribution in [1.82, 2.24) is 4.98 Å². The van der Waals surface area contributed by atoms with Crippen LogP contribution in [0, 0.1) is 11.3 Å². The third kappa shape index (κ3) is 2.85. The van der Waals surface area contributed by atoms with E-state index in [1.165, 1.54) is 34.1 Å². The molecular weight excluding hydrogens is 350 g/mol. The first kappa shape index (κ1) is 16.9. The van der Waals surface area contributed by atoms with E-state index in [0.717, 1.165) is 10.8 Å². The number of carbonyl (C=O) groups excluding carboxylic acids is 1. The Bertz CT molecular complexity index is 1040. The van der Waals surface area contributed by atoms with E-state index in [9.17, 15) is 18.8 Å². The molecule has 0 N–H and O–H groups in total. The van der Waals surface area contributed by atoms with Crippen molar-refractivity contribution in [2.45, 2.75) is 12.5 Å². The number of benzene rings is 2. The predicted molar refractivity (Wildman–Crippen MR) is 97.8 cm³/mol. The van der Waals surface area contributed by atoms with Crippen LogP contribution in [0.3, 0.4) is 0 Å². The van der Waals surface area contributed by atoms with Crippen molar-refractivity contribution >= 4 is 28.2 Å². The van der Waals surface area contributed by atoms with E-state index in [2.05, 4.69) is 11.1 Å². The lowest BCUT2D eigenvalue weighted by atomic mass is 10.1. The standard InChI is InChI=1S/C20H14F2N4O/c21-19(22)13-5-7-15(8-6-13)25-12-16(9-23)26(20(25)27)18-11-24-10-14-3-1-2-4-17(14)18/h1-8,10-11,16,19H,12H2. The van der Waals surface area contributed by atoms with E-state index < -0.39 is 12.5 Å². The van der Waals surface area contributed by atoms with Gasteiger partial charge in [0.25, 0.3) is 6.43 Å². The monoisotopic (exact) mass is 364 g/mol. The van der Waals surface area contributed by atoms with E-state index in [-0.39, 0.29) is 18.1 Å². The van der Waals surface area contributed by atoms with Gasteiger partial charge in [-0.2, -0.15) is 5.26 Å². The van der Waals surface area contributed by atoms with Gasteiger partial charge in [0.1, 0.15) is 6.04 Å². The van der Waals surface area contributed by atoms with Crippen LogP contribution in [0.15, 0.2) is 60.9 Å². The molecule has 7 heteroatoms. The van der Waals surface area contributed by atoms with Crippen LogP contribution >= 0.6 is 0 Å². The largest absolute Gasteiger partial charge is 0.330 e. The summed E-state index contributed by atoms with van der Waals surface area (Å²) in [6.07, 6.45) is 0.689. The van der Waals surface area contributed by atoms with E-state index in [0.29, 0.717) is 11.4 Å². The Morgan fingerprint density at radius 1 is 1.11 bits per heavy atom. The first-order valence-corrected chi connectivity index (χ1v) is 8.31. The molecule has 134 valence electrons. The second-order valence-electron chi connectivity index (χ2n) is 6.18. The third-order valence-corrected chi connectivity index (χ3v) is 4.62. The highest BCUT2D eigenvalue weighted by molar-refractivity contribution is 6.11. The number of amides is 2. The molecule has 0 bridgehead atoms. The first-order chi connectivity index (χ1) is 13.1. The lowest BCUT2D eigenvalue weighted by Gasteiger charge is -2.21. The molecule has 0 aliphatic carbocycles. The number of alkyl halides is 2. The molecule has 27 heavy (non-hydrogen) atoms. The van der Waals surface area contributed by atoms with Crippen LogP contribution in [-0.2, 0) is 0 Å². The molecule has 0 saturated carbocycles. The summed E-state index contributed by atoms with van der Waals surface area (Å²) in [5.41, 5.74) is 0.911. The maximum Gasteiger partial charge on any atom is 0.330 e. The highest BCUT2D eigenvalue weighted by atomic mass is 19.3. The smallest absolute Gasteiger partial charge is 0.291 e. The second kappa shape index (κ2) is 6.65. The Morgan fingerprint density at radius 3 is 2.56 bits per heavy atom. The average molecular weight is 364 g/mol. The zero-order chi connectivity index (χ0) is 19.0. The fourth-order valence-electron chi connectivity index (χ4n) is 3.27. The molecule has 1 saturated heterocycles. The van der Waals surface area contributed by atoms with Crippen molar-refractivity contribution in [1.29, 1.82) is 5.26 Å². The lowest BCUT2D eigenvalue weighted by molar-refractivity contribution is 0.151. The van der Waals surface area contributed by atoms with Crippen molar-refractivity contribution < 1.29 is 13.6 Å². The summed E-state index contributed by atoms with van der Waals surface area (Å²) in [5.74, 6) is 0. The fourth-order valence-corrected chi connectivity index (χ4v) is 3.27. The van der Waals surface area contributed by atoms with E-state index in [4.69, 9.17) is 0 Å². The summed E-state index contributed by atoms with van der Waals surface area (Å²) in [4.78, 5) is 20.1. The molecule has 1 aromatic heterocycles. The molecule has 1 aliphatic heterocycles.